The number of hydrogen-bond donors (Lipinski definition) is 2. The maximum atomic E-state index is 12.4. The Kier molecular flexibility index (Phi) is 3.83. The minimum Gasteiger partial charge on any atom is -0.481 e. The lowest BCUT2D eigenvalue weighted by atomic mass is 9.56. The van der Waals surface area contributed by atoms with Crippen molar-refractivity contribution in [1.82, 2.24) is 5.32 Å². The number of Topliss-reactive ketones (excluding diaryl/α,β-unsaturated/α-hetero) is 1. The average Bonchev–Trinajstić information content (AvgIpc) is 2.55. The van der Waals surface area contributed by atoms with Crippen LogP contribution in [0.15, 0.2) is 30.3 Å². The number of carbonyl (C=O) groups is 3. The molecule has 2 N–H and O–H groups in total. The molecule has 3 saturated carbocycles. The molecule has 3 aliphatic carbocycles. The molecule has 0 radical (unpaired) electrons. The Bertz CT molecular complexity index is 632. The van der Waals surface area contributed by atoms with Gasteiger partial charge in [0.2, 0.25) is 0 Å². The number of aliphatic carboxylic acids is 1. The quantitative estimate of drug-likeness (QED) is 0.888. The number of nitrogens with one attached hydrogen (secondary N) is 1. The van der Waals surface area contributed by atoms with Crippen LogP contribution in [-0.2, 0) is 20.9 Å². The molecule has 6 heteroatoms. The number of alkyl carbamates (subject to hydrolysis) is 1. The molecule has 1 aromatic carbocycles. The van der Waals surface area contributed by atoms with Crippen molar-refractivity contribution >= 4 is 17.8 Å². The number of hydrogen-bond acceptors (Lipinski definition) is 4. The molecule has 0 unspecified atom stereocenters. The SMILES string of the molecule is O=C(NC12CCC(C(=O)O)(CC1)CC2=O)OCc1ccccc1. The zero-order valence-electron chi connectivity index (χ0n) is 12.7. The van der Waals surface area contributed by atoms with Crippen LogP contribution in [0.3, 0.4) is 0 Å². The molecule has 122 valence electrons. The highest BCUT2D eigenvalue weighted by Gasteiger charge is 2.58. The first-order valence-electron chi connectivity index (χ1n) is 7.71. The van der Waals surface area contributed by atoms with E-state index in [2.05, 4.69) is 5.32 Å². The highest BCUT2D eigenvalue weighted by Crippen LogP contribution is 2.50. The van der Waals surface area contributed by atoms with Gasteiger partial charge in [-0.2, -0.15) is 0 Å². The minimum atomic E-state index is -0.953. The second kappa shape index (κ2) is 5.68. The van der Waals surface area contributed by atoms with Gasteiger partial charge in [0.05, 0.1) is 5.41 Å². The fourth-order valence-corrected chi connectivity index (χ4v) is 3.53. The van der Waals surface area contributed by atoms with Gasteiger partial charge >= 0.3 is 12.1 Å². The van der Waals surface area contributed by atoms with Gasteiger partial charge in [0, 0.05) is 6.42 Å². The van der Waals surface area contributed by atoms with Gasteiger partial charge < -0.3 is 15.2 Å². The van der Waals surface area contributed by atoms with Crippen molar-refractivity contribution in [2.75, 3.05) is 0 Å². The van der Waals surface area contributed by atoms with Crippen molar-refractivity contribution in [3.8, 4) is 0 Å². The summed E-state index contributed by atoms with van der Waals surface area (Å²) in [5, 5.41) is 12.0. The molecule has 0 saturated heterocycles. The van der Waals surface area contributed by atoms with E-state index in [1.807, 2.05) is 30.3 Å². The Labute approximate surface area is 133 Å². The normalized spacial score (nSPS) is 29.1. The zero-order valence-corrected chi connectivity index (χ0v) is 12.7. The molecule has 3 aliphatic rings. The van der Waals surface area contributed by atoms with Gasteiger partial charge in [-0.1, -0.05) is 30.3 Å². The van der Waals surface area contributed by atoms with E-state index in [-0.39, 0.29) is 18.8 Å². The number of carboxylic acid groups (broad SMARTS) is 1. The van der Waals surface area contributed by atoms with E-state index in [1.54, 1.807) is 0 Å². The number of ketones is 1. The van der Waals surface area contributed by atoms with Gasteiger partial charge in [0.15, 0.2) is 5.78 Å². The summed E-state index contributed by atoms with van der Waals surface area (Å²) in [6.07, 6.45) is 0.894. The topological polar surface area (TPSA) is 92.7 Å². The summed E-state index contributed by atoms with van der Waals surface area (Å²) < 4.78 is 5.18. The predicted molar refractivity (Wildman–Crippen MR) is 80.7 cm³/mol. The second-order valence-corrected chi connectivity index (χ2v) is 6.45. The van der Waals surface area contributed by atoms with Gasteiger partial charge in [0.1, 0.15) is 12.1 Å². The first kappa shape index (κ1) is 15.5. The summed E-state index contributed by atoms with van der Waals surface area (Å²) in [5.74, 6) is -1.11. The van der Waals surface area contributed by atoms with E-state index in [1.165, 1.54) is 0 Å². The van der Waals surface area contributed by atoms with Crippen molar-refractivity contribution in [2.45, 2.75) is 44.2 Å². The number of benzene rings is 1. The van der Waals surface area contributed by atoms with Crippen LogP contribution >= 0.6 is 0 Å². The van der Waals surface area contributed by atoms with Crippen LogP contribution in [-0.4, -0.2) is 28.5 Å². The third kappa shape index (κ3) is 2.81. The van der Waals surface area contributed by atoms with E-state index in [0.29, 0.717) is 25.7 Å². The molecule has 4 rings (SSSR count). The third-order valence-electron chi connectivity index (χ3n) is 5.10. The van der Waals surface area contributed by atoms with E-state index >= 15 is 0 Å². The fraction of sp³-hybridized carbons (Fsp3) is 0.471. The standard InChI is InChI=1S/C17H19NO5/c19-13-10-16(14(20)21)6-8-17(13,9-7-16)18-15(22)23-11-12-4-2-1-3-5-12/h1-5H,6-11H2,(H,18,22)(H,20,21). The molecule has 23 heavy (non-hydrogen) atoms. The van der Waals surface area contributed by atoms with Crippen LogP contribution in [0.4, 0.5) is 4.79 Å². The molecule has 3 fully saturated rings. The molecule has 0 spiro atoms. The third-order valence-corrected chi connectivity index (χ3v) is 5.10. The summed E-state index contributed by atoms with van der Waals surface area (Å²) in [6, 6.07) is 9.28. The summed E-state index contributed by atoms with van der Waals surface area (Å²) in [6.45, 7) is 0.135. The van der Waals surface area contributed by atoms with E-state index in [0.717, 1.165) is 5.56 Å². The average molecular weight is 317 g/mol. The summed E-state index contributed by atoms with van der Waals surface area (Å²) >= 11 is 0. The fourth-order valence-electron chi connectivity index (χ4n) is 3.53. The lowest BCUT2D eigenvalue weighted by Crippen LogP contribution is -2.64. The molecule has 1 amide bonds. The Morgan fingerprint density at radius 3 is 2.35 bits per heavy atom. The molecule has 0 atom stereocenters. The summed E-state index contributed by atoms with van der Waals surface area (Å²) in [7, 11) is 0. The predicted octanol–water partition coefficient (Wildman–Crippen LogP) is 2.27. The number of rotatable bonds is 4. The maximum absolute atomic E-state index is 12.4. The molecule has 6 nitrogen and oxygen atoms in total. The minimum absolute atomic E-state index is 0.0126. The van der Waals surface area contributed by atoms with Gasteiger partial charge in [-0.15, -0.1) is 0 Å². The summed E-state index contributed by atoms with van der Waals surface area (Å²) in [4.78, 5) is 35.8. The van der Waals surface area contributed by atoms with Crippen LogP contribution in [0.25, 0.3) is 0 Å². The highest BCUT2D eigenvalue weighted by atomic mass is 16.5. The van der Waals surface area contributed by atoms with Crippen LogP contribution in [0, 0.1) is 5.41 Å². The van der Waals surface area contributed by atoms with Crippen molar-refractivity contribution in [1.29, 1.82) is 0 Å². The Morgan fingerprint density at radius 1 is 1.13 bits per heavy atom. The molecule has 0 heterocycles. The van der Waals surface area contributed by atoms with E-state index in [4.69, 9.17) is 4.74 Å². The largest absolute Gasteiger partial charge is 0.481 e. The van der Waals surface area contributed by atoms with Crippen LogP contribution in [0.2, 0.25) is 0 Å². The Balaban J connectivity index is 1.61. The molecular formula is C17H19NO5. The van der Waals surface area contributed by atoms with Crippen LogP contribution < -0.4 is 5.32 Å². The lowest BCUT2D eigenvalue weighted by Gasteiger charge is -2.49. The maximum Gasteiger partial charge on any atom is 0.408 e. The molecule has 0 aliphatic heterocycles. The number of carbonyl (C=O) groups excluding carboxylic acids is 2. The van der Waals surface area contributed by atoms with Crippen molar-refractivity contribution in [2.24, 2.45) is 5.41 Å². The summed E-state index contributed by atoms with van der Waals surface area (Å²) in [5.41, 5.74) is -1.02. The molecule has 0 aromatic heterocycles. The number of ether oxygens (including phenoxy) is 1. The van der Waals surface area contributed by atoms with Crippen molar-refractivity contribution < 1.29 is 24.2 Å². The molecular weight excluding hydrogens is 298 g/mol. The molecule has 1 aromatic rings. The van der Waals surface area contributed by atoms with Crippen molar-refractivity contribution in [3.63, 3.8) is 0 Å². The first-order valence-corrected chi connectivity index (χ1v) is 7.71. The van der Waals surface area contributed by atoms with Gasteiger partial charge in [-0.3, -0.25) is 9.59 Å². The monoisotopic (exact) mass is 317 g/mol. The first-order chi connectivity index (χ1) is 11.0. The Hall–Kier alpha value is -2.37. The number of fused-ring (bicyclic) bond motifs is 3. The zero-order chi connectivity index (χ0) is 16.5. The smallest absolute Gasteiger partial charge is 0.408 e. The van der Waals surface area contributed by atoms with Crippen molar-refractivity contribution in [3.05, 3.63) is 35.9 Å². The molecule has 2 bridgehead atoms. The van der Waals surface area contributed by atoms with E-state index in [9.17, 15) is 19.5 Å². The van der Waals surface area contributed by atoms with Gasteiger partial charge in [0.25, 0.3) is 0 Å². The number of amides is 1. The second-order valence-electron chi connectivity index (χ2n) is 6.45. The Morgan fingerprint density at radius 2 is 1.78 bits per heavy atom. The van der Waals surface area contributed by atoms with Gasteiger partial charge in [-0.05, 0) is 31.2 Å². The lowest BCUT2D eigenvalue weighted by molar-refractivity contribution is -0.162. The van der Waals surface area contributed by atoms with E-state index < -0.39 is 23.0 Å². The van der Waals surface area contributed by atoms with Crippen LogP contribution in [0.5, 0.6) is 0 Å². The van der Waals surface area contributed by atoms with Gasteiger partial charge in [-0.25, -0.2) is 4.79 Å². The highest BCUT2D eigenvalue weighted by molar-refractivity contribution is 5.97. The van der Waals surface area contributed by atoms with Crippen LogP contribution in [0.1, 0.15) is 37.7 Å². The number of carboxylic acids is 1.